The molecule has 0 aromatic rings. The van der Waals surface area contributed by atoms with E-state index in [-0.39, 0.29) is 13.2 Å². The molecule has 0 aliphatic heterocycles. The second-order valence-electron chi connectivity index (χ2n) is 2.21. The second kappa shape index (κ2) is 6.57. The van der Waals surface area contributed by atoms with Crippen molar-refractivity contribution in [3.05, 3.63) is 0 Å². The van der Waals surface area contributed by atoms with Crippen molar-refractivity contribution in [1.82, 2.24) is 0 Å². The van der Waals surface area contributed by atoms with Gasteiger partial charge in [0, 0.05) is 13.8 Å². The molecule has 0 rings (SSSR count). The number of ether oxygens (including phenoxy) is 2. The largest absolute Gasteiger partial charge is 0.779 e. The first kappa shape index (κ1) is 12.1. The lowest BCUT2D eigenvalue weighted by Gasteiger charge is -2.17. The van der Waals surface area contributed by atoms with Gasteiger partial charge in [-0.15, -0.1) is 0 Å². The summed E-state index contributed by atoms with van der Waals surface area (Å²) in [6.45, 7) is 2.32. The van der Waals surface area contributed by atoms with Crippen molar-refractivity contribution >= 4 is 7.60 Å². The predicted molar refractivity (Wildman–Crippen MR) is 42.2 cm³/mol. The van der Waals surface area contributed by atoms with Gasteiger partial charge in [-0.05, 0) is 0 Å². The standard InChI is InChI=1S/C6H15O5P/c1-9-3-4-10-5-6-11-12(2,7)8/h3-6H2,1-2H3,(H,7,8)/p-1. The van der Waals surface area contributed by atoms with Crippen molar-refractivity contribution < 1.29 is 23.5 Å². The average molecular weight is 197 g/mol. The lowest BCUT2D eigenvalue weighted by Crippen LogP contribution is -2.10. The number of methoxy groups -OCH3 is 1. The molecule has 0 fully saturated rings. The van der Waals surface area contributed by atoms with Gasteiger partial charge >= 0.3 is 0 Å². The third-order valence-corrected chi connectivity index (χ3v) is 1.64. The fraction of sp³-hybridized carbons (Fsp3) is 1.00. The molecule has 0 amide bonds. The minimum absolute atomic E-state index is 0.0704. The van der Waals surface area contributed by atoms with Gasteiger partial charge in [-0.3, -0.25) is 0 Å². The van der Waals surface area contributed by atoms with Gasteiger partial charge in [0.25, 0.3) is 0 Å². The van der Waals surface area contributed by atoms with E-state index in [4.69, 9.17) is 9.47 Å². The monoisotopic (exact) mass is 197 g/mol. The molecule has 0 radical (unpaired) electrons. The average Bonchev–Trinajstić information content (AvgIpc) is 1.94. The Hall–Kier alpha value is 0.0700. The van der Waals surface area contributed by atoms with Gasteiger partial charge in [0.05, 0.1) is 26.4 Å². The van der Waals surface area contributed by atoms with Gasteiger partial charge in [-0.25, -0.2) is 0 Å². The summed E-state index contributed by atoms with van der Waals surface area (Å²) in [7, 11) is -2.02. The first-order valence-corrected chi connectivity index (χ1v) is 5.55. The summed E-state index contributed by atoms with van der Waals surface area (Å²) in [5.41, 5.74) is 0. The zero-order valence-corrected chi connectivity index (χ0v) is 8.21. The highest BCUT2D eigenvalue weighted by atomic mass is 31.2. The van der Waals surface area contributed by atoms with E-state index in [0.717, 1.165) is 6.66 Å². The Morgan fingerprint density at radius 2 is 1.83 bits per heavy atom. The van der Waals surface area contributed by atoms with Gasteiger partial charge < -0.3 is 23.5 Å². The smallest absolute Gasteiger partial charge is 0.131 e. The Morgan fingerprint density at radius 3 is 2.33 bits per heavy atom. The number of hydrogen-bond donors (Lipinski definition) is 0. The highest BCUT2D eigenvalue weighted by Crippen LogP contribution is 2.30. The minimum Gasteiger partial charge on any atom is -0.779 e. The fourth-order valence-corrected chi connectivity index (χ4v) is 0.913. The Bertz CT molecular complexity index is 143. The van der Waals surface area contributed by atoms with E-state index in [1.165, 1.54) is 0 Å². The molecule has 0 spiro atoms. The summed E-state index contributed by atoms with van der Waals surface area (Å²) in [6, 6.07) is 0. The molecule has 0 saturated carbocycles. The lowest BCUT2D eigenvalue weighted by atomic mass is 10.7. The van der Waals surface area contributed by atoms with Crippen LogP contribution in [-0.2, 0) is 18.6 Å². The Morgan fingerprint density at radius 1 is 1.25 bits per heavy atom. The van der Waals surface area contributed by atoms with Crippen molar-refractivity contribution in [2.24, 2.45) is 0 Å². The first-order valence-electron chi connectivity index (χ1n) is 3.56. The van der Waals surface area contributed by atoms with Crippen molar-refractivity contribution in [3.63, 3.8) is 0 Å². The Labute approximate surface area is 72.2 Å². The molecule has 0 aliphatic rings. The van der Waals surface area contributed by atoms with Crippen molar-refractivity contribution in [2.75, 3.05) is 40.2 Å². The SMILES string of the molecule is COCCOCCOP(C)(=O)[O-]. The van der Waals surface area contributed by atoms with Crippen LogP contribution in [0.5, 0.6) is 0 Å². The van der Waals surface area contributed by atoms with Crippen LogP contribution in [0.4, 0.5) is 0 Å². The Kier molecular flexibility index (Phi) is 6.61. The van der Waals surface area contributed by atoms with Crippen LogP contribution in [0.1, 0.15) is 0 Å². The predicted octanol–water partition coefficient (Wildman–Crippen LogP) is -0.151. The summed E-state index contributed by atoms with van der Waals surface area (Å²) >= 11 is 0. The maximum atomic E-state index is 10.4. The lowest BCUT2D eigenvalue weighted by molar-refractivity contribution is -0.197. The minimum atomic E-state index is -3.58. The van der Waals surface area contributed by atoms with E-state index in [1.807, 2.05) is 0 Å². The van der Waals surface area contributed by atoms with Crippen LogP contribution in [0.25, 0.3) is 0 Å². The maximum absolute atomic E-state index is 10.4. The highest BCUT2D eigenvalue weighted by Gasteiger charge is 1.97. The molecule has 12 heavy (non-hydrogen) atoms. The van der Waals surface area contributed by atoms with Crippen LogP contribution in [0.3, 0.4) is 0 Å². The molecule has 0 saturated heterocycles. The fourth-order valence-electron chi connectivity index (χ4n) is 0.506. The summed E-state index contributed by atoms with van der Waals surface area (Å²) in [4.78, 5) is 10.4. The summed E-state index contributed by atoms with van der Waals surface area (Å²) in [5, 5.41) is 0. The molecule has 74 valence electrons. The molecule has 0 aromatic heterocycles. The molecule has 1 atom stereocenters. The van der Waals surface area contributed by atoms with Crippen molar-refractivity contribution in [2.45, 2.75) is 0 Å². The normalized spacial score (nSPS) is 15.9. The molecule has 6 heteroatoms. The van der Waals surface area contributed by atoms with Crippen LogP contribution in [0.15, 0.2) is 0 Å². The third-order valence-electron chi connectivity index (χ3n) is 0.985. The van der Waals surface area contributed by atoms with Crippen LogP contribution < -0.4 is 4.89 Å². The van der Waals surface area contributed by atoms with E-state index in [0.29, 0.717) is 13.2 Å². The van der Waals surface area contributed by atoms with Gasteiger partial charge in [-0.1, -0.05) is 0 Å². The van der Waals surface area contributed by atoms with E-state index < -0.39 is 7.60 Å². The summed E-state index contributed by atoms with van der Waals surface area (Å²) < 4.78 is 24.6. The molecule has 1 unspecified atom stereocenters. The molecule has 0 heterocycles. The van der Waals surface area contributed by atoms with E-state index in [2.05, 4.69) is 4.52 Å². The van der Waals surface area contributed by atoms with Crippen LogP contribution in [0, 0.1) is 0 Å². The van der Waals surface area contributed by atoms with Gasteiger partial charge in [0.1, 0.15) is 7.60 Å². The molecular formula is C6H14O5P-. The molecule has 0 bridgehead atoms. The van der Waals surface area contributed by atoms with Gasteiger partial charge in [0.2, 0.25) is 0 Å². The molecule has 0 aliphatic carbocycles. The van der Waals surface area contributed by atoms with Crippen LogP contribution >= 0.6 is 7.60 Å². The van der Waals surface area contributed by atoms with E-state index in [9.17, 15) is 9.46 Å². The van der Waals surface area contributed by atoms with Crippen LogP contribution in [0.2, 0.25) is 0 Å². The molecule has 5 nitrogen and oxygen atoms in total. The van der Waals surface area contributed by atoms with Crippen molar-refractivity contribution in [1.29, 1.82) is 0 Å². The van der Waals surface area contributed by atoms with Crippen LogP contribution in [-0.4, -0.2) is 40.2 Å². The molecule has 0 N–H and O–H groups in total. The summed E-state index contributed by atoms with van der Waals surface area (Å²) in [5.74, 6) is 0. The summed E-state index contributed by atoms with van der Waals surface area (Å²) in [6.07, 6.45) is 0. The molecular weight excluding hydrogens is 183 g/mol. The topological polar surface area (TPSA) is 67.8 Å². The third kappa shape index (κ3) is 10.1. The van der Waals surface area contributed by atoms with E-state index >= 15 is 0 Å². The van der Waals surface area contributed by atoms with E-state index in [1.54, 1.807) is 7.11 Å². The first-order chi connectivity index (χ1) is 5.56. The van der Waals surface area contributed by atoms with Crippen molar-refractivity contribution in [3.8, 4) is 0 Å². The number of rotatable bonds is 7. The van der Waals surface area contributed by atoms with Gasteiger partial charge in [-0.2, -0.15) is 0 Å². The maximum Gasteiger partial charge on any atom is 0.131 e. The number of hydrogen-bond acceptors (Lipinski definition) is 5. The highest BCUT2D eigenvalue weighted by molar-refractivity contribution is 7.50. The molecule has 0 aromatic carbocycles. The zero-order valence-electron chi connectivity index (χ0n) is 7.32. The quantitative estimate of drug-likeness (QED) is 0.419. The zero-order chi connectivity index (χ0) is 9.45. The Balaban J connectivity index is 3.06. The second-order valence-corrected chi connectivity index (χ2v) is 4.01. The van der Waals surface area contributed by atoms with Gasteiger partial charge in [0.15, 0.2) is 0 Å².